The summed E-state index contributed by atoms with van der Waals surface area (Å²) in [5.74, 6) is -3.92. The fourth-order valence-electron chi connectivity index (χ4n) is 4.87. The van der Waals surface area contributed by atoms with E-state index in [0.717, 1.165) is 6.42 Å². The minimum atomic E-state index is -2.81. The molecule has 3 aliphatic carbocycles. The Morgan fingerprint density at radius 2 is 2.13 bits per heavy atom. The first-order valence-electron chi connectivity index (χ1n) is 5.57. The maximum Gasteiger partial charge on any atom is 0.310 e. The second-order valence-corrected chi connectivity index (χ2v) is 5.70. The van der Waals surface area contributed by atoms with Crippen molar-refractivity contribution in [2.45, 2.75) is 31.3 Å². The molecule has 4 aliphatic rings. The first kappa shape index (κ1) is 8.48. The van der Waals surface area contributed by atoms with E-state index in [1.165, 1.54) is 6.92 Å². The number of alkyl halides is 2. The van der Waals surface area contributed by atoms with E-state index < -0.39 is 17.4 Å². The van der Waals surface area contributed by atoms with E-state index in [4.69, 9.17) is 4.74 Å². The Morgan fingerprint density at radius 1 is 1.40 bits per heavy atom. The van der Waals surface area contributed by atoms with Crippen LogP contribution in [0.3, 0.4) is 0 Å². The zero-order chi connectivity index (χ0) is 10.6. The molecule has 82 valence electrons. The molecule has 6 atom stereocenters. The number of ether oxygens (including phenoxy) is 1. The van der Waals surface area contributed by atoms with Crippen LogP contribution in [0.2, 0.25) is 0 Å². The Labute approximate surface area is 86.0 Å². The SMILES string of the molecule is C[C@@]12OC(=O)C3C4CC(C(C4)C1(F)F)C32. The van der Waals surface area contributed by atoms with Crippen molar-refractivity contribution in [3.05, 3.63) is 0 Å². The maximum atomic E-state index is 14.1. The van der Waals surface area contributed by atoms with Crippen molar-refractivity contribution in [1.29, 1.82) is 0 Å². The minimum Gasteiger partial charge on any atom is -0.452 e. The highest BCUT2D eigenvalue weighted by atomic mass is 19.3. The number of hydrogen-bond donors (Lipinski definition) is 0. The molecule has 1 heterocycles. The van der Waals surface area contributed by atoms with Crippen LogP contribution in [0, 0.1) is 29.6 Å². The van der Waals surface area contributed by atoms with Crippen LogP contribution in [0.4, 0.5) is 8.78 Å². The summed E-state index contributed by atoms with van der Waals surface area (Å²) in [6, 6.07) is 0. The Kier molecular flexibility index (Phi) is 1.10. The molecule has 4 heteroatoms. The molecule has 2 bridgehead atoms. The third-order valence-electron chi connectivity index (χ3n) is 5.35. The summed E-state index contributed by atoms with van der Waals surface area (Å²) in [7, 11) is 0. The number of carbonyl (C=O) groups excluding carboxylic acids is 1. The molecule has 2 nitrogen and oxygen atoms in total. The molecule has 15 heavy (non-hydrogen) atoms. The third-order valence-corrected chi connectivity index (χ3v) is 5.35. The predicted octanol–water partition coefficient (Wildman–Crippen LogP) is 1.84. The number of rotatable bonds is 0. The quantitative estimate of drug-likeness (QED) is 0.575. The summed E-state index contributed by atoms with van der Waals surface area (Å²) in [6.45, 7) is 1.44. The van der Waals surface area contributed by atoms with Crippen molar-refractivity contribution in [2.75, 3.05) is 0 Å². The van der Waals surface area contributed by atoms with Gasteiger partial charge in [-0.15, -0.1) is 0 Å². The molecular weight excluding hydrogens is 202 g/mol. The standard InChI is InChI=1S/C11H12F2O2/c1-10-8-5-2-4(7(8)9(14)15-10)3-6(5)11(10,12)13/h4-8H,2-3H2,1H3/t4?,5?,6?,7?,8?,10-/m0/s1. The summed E-state index contributed by atoms with van der Waals surface area (Å²) in [5, 5.41) is 0. The lowest BCUT2D eigenvalue weighted by Crippen LogP contribution is -2.46. The van der Waals surface area contributed by atoms with Crippen molar-refractivity contribution >= 4 is 5.97 Å². The molecule has 0 N–H and O–H groups in total. The summed E-state index contributed by atoms with van der Waals surface area (Å²) in [6.07, 6.45) is 1.35. The summed E-state index contributed by atoms with van der Waals surface area (Å²) < 4.78 is 33.3. The number of hydrogen-bond acceptors (Lipinski definition) is 2. The van der Waals surface area contributed by atoms with Crippen molar-refractivity contribution < 1.29 is 18.3 Å². The Morgan fingerprint density at radius 3 is 2.87 bits per heavy atom. The van der Waals surface area contributed by atoms with Gasteiger partial charge >= 0.3 is 5.97 Å². The average molecular weight is 214 g/mol. The van der Waals surface area contributed by atoms with Crippen LogP contribution in [0.5, 0.6) is 0 Å². The molecule has 0 aromatic rings. The van der Waals surface area contributed by atoms with E-state index in [1.54, 1.807) is 0 Å². The zero-order valence-electron chi connectivity index (χ0n) is 8.37. The van der Waals surface area contributed by atoms with Gasteiger partial charge in [0.2, 0.25) is 0 Å². The number of esters is 1. The van der Waals surface area contributed by atoms with Gasteiger partial charge in [-0.05, 0) is 31.6 Å². The summed E-state index contributed by atoms with van der Waals surface area (Å²) >= 11 is 0. The van der Waals surface area contributed by atoms with Gasteiger partial charge in [-0.2, -0.15) is 0 Å². The van der Waals surface area contributed by atoms with E-state index >= 15 is 0 Å². The molecule has 1 saturated heterocycles. The zero-order valence-corrected chi connectivity index (χ0v) is 8.37. The first-order valence-corrected chi connectivity index (χ1v) is 5.57. The van der Waals surface area contributed by atoms with E-state index in [1.807, 2.05) is 0 Å². The molecule has 0 spiro atoms. The van der Waals surface area contributed by atoms with Gasteiger partial charge in [-0.3, -0.25) is 4.79 Å². The topological polar surface area (TPSA) is 26.3 Å². The second kappa shape index (κ2) is 1.94. The lowest BCUT2D eigenvalue weighted by atomic mass is 9.79. The molecule has 5 unspecified atom stereocenters. The molecule has 0 amide bonds. The lowest BCUT2D eigenvalue weighted by Gasteiger charge is -2.31. The number of halogens is 2. The molecule has 4 rings (SSSR count). The number of carbonyl (C=O) groups is 1. The van der Waals surface area contributed by atoms with Gasteiger partial charge in [0.15, 0.2) is 5.60 Å². The summed E-state index contributed by atoms with van der Waals surface area (Å²) in [4.78, 5) is 11.6. The number of fused-ring (bicyclic) bond motifs is 2. The van der Waals surface area contributed by atoms with Crippen LogP contribution in [0.1, 0.15) is 19.8 Å². The highest BCUT2D eigenvalue weighted by Crippen LogP contribution is 2.74. The molecule has 0 radical (unpaired) electrons. The highest BCUT2D eigenvalue weighted by Gasteiger charge is 2.83. The first-order chi connectivity index (χ1) is 6.97. The minimum absolute atomic E-state index is 0.0337. The highest BCUT2D eigenvalue weighted by molar-refractivity contribution is 5.78. The van der Waals surface area contributed by atoms with Gasteiger partial charge in [-0.25, -0.2) is 8.78 Å². The van der Waals surface area contributed by atoms with Crippen molar-refractivity contribution in [3.63, 3.8) is 0 Å². The molecule has 4 fully saturated rings. The molecule has 0 aromatic carbocycles. The van der Waals surface area contributed by atoms with Gasteiger partial charge < -0.3 is 4.74 Å². The van der Waals surface area contributed by atoms with Gasteiger partial charge in [0, 0.05) is 11.8 Å². The Balaban J connectivity index is 1.97. The molecule has 3 saturated carbocycles. The van der Waals surface area contributed by atoms with Gasteiger partial charge in [-0.1, -0.05) is 0 Å². The van der Waals surface area contributed by atoms with Crippen molar-refractivity contribution in [3.8, 4) is 0 Å². The van der Waals surface area contributed by atoms with E-state index in [2.05, 4.69) is 0 Å². The van der Waals surface area contributed by atoms with Crippen LogP contribution >= 0.6 is 0 Å². The van der Waals surface area contributed by atoms with Gasteiger partial charge in [0.25, 0.3) is 5.92 Å². The van der Waals surface area contributed by atoms with E-state index in [-0.39, 0.29) is 29.6 Å². The smallest absolute Gasteiger partial charge is 0.310 e. The van der Waals surface area contributed by atoms with Crippen LogP contribution in [0.15, 0.2) is 0 Å². The monoisotopic (exact) mass is 214 g/mol. The average Bonchev–Trinajstić information content (AvgIpc) is 2.78. The fourth-order valence-corrected chi connectivity index (χ4v) is 4.87. The van der Waals surface area contributed by atoms with Crippen molar-refractivity contribution in [1.82, 2.24) is 0 Å². The molecular formula is C11H12F2O2. The van der Waals surface area contributed by atoms with Crippen LogP contribution in [-0.2, 0) is 9.53 Å². The Bertz CT molecular complexity index is 381. The van der Waals surface area contributed by atoms with Crippen LogP contribution in [0.25, 0.3) is 0 Å². The fraction of sp³-hybridized carbons (Fsp3) is 0.909. The predicted molar refractivity (Wildman–Crippen MR) is 46.1 cm³/mol. The second-order valence-electron chi connectivity index (χ2n) is 5.70. The molecule has 1 aliphatic heterocycles. The molecule has 0 aromatic heterocycles. The van der Waals surface area contributed by atoms with Gasteiger partial charge in [0.1, 0.15) is 0 Å². The van der Waals surface area contributed by atoms with Crippen molar-refractivity contribution in [2.24, 2.45) is 29.6 Å². The normalized spacial score (nSPS) is 62.6. The van der Waals surface area contributed by atoms with E-state index in [9.17, 15) is 13.6 Å². The Hall–Kier alpha value is -0.670. The third kappa shape index (κ3) is 0.602. The van der Waals surface area contributed by atoms with Crippen LogP contribution in [-0.4, -0.2) is 17.5 Å². The summed E-state index contributed by atoms with van der Waals surface area (Å²) in [5.41, 5.74) is -1.49. The van der Waals surface area contributed by atoms with Gasteiger partial charge in [0.05, 0.1) is 5.92 Å². The van der Waals surface area contributed by atoms with Crippen LogP contribution < -0.4 is 0 Å². The maximum absolute atomic E-state index is 14.1. The van der Waals surface area contributed by atoms with E-state index in [0.29, 0.717) is 6.42 Å². The largest absolute Gasteiger partial charge is 0.452 e. The lowest BCUT2D eigenvalue weighted by molar-refractivity contribution is -0.198.